The number of anilines is 1. The molecule has 1 aromatic carbocycles. The Balaban J connectivity index is 1.82. The van der Waals surface area contributed by atoms with Crippen LogP contribution in [0.1, 0.15) is 12.5 Å². The zero-order chi connectivity index (χ0) is 15.9. The van der Waals surface area contributed by atoms with Gasteiger partial charge in [0.25, 0.3) is 0 Å². The van der Waals surface area contributed by atoms with Crippen LogP contribution in [-0.2, 0) is 22.7 Å². The summed E-state index contributed by atoms with van der Waals surface area (Å²) in [5, 5.41) is 9.22. The first kappa shape index (κ1) is 15.6. The lowest BCUT2D eigenvalue weighted by Crippen LogP contribution is -2.33. The second kappa shape index (κ2) is 7.32. The van der Waals surface area contributed by atoms with E-state index in [9.17, 15) is 9.59 Å². The van der Waals surface area contributed by atoms with Gasteiger partial charge in [-0.2, -0.15) is 0 Å². The lowest BCUT2D eigenvalue weighted by atomic mass is 10.2. The van der Waals surface area contributed by atoms with Crippen LogP contribution in [0.2, 0.25) is 0 Å². The minimum atomic E-state index is -0.652. The van der Waals surface area contributed by atoms with Gasteiger partial charge in [-0.25, -0.2) is 9.67 Å². The molecule has 8 nitrogen and oxygen atoms in total. The third-order valence-electron chi connectivity index (χ3n) is 2.82. The van der Waals surface area contributed by atoms with Crippen molar-refractivity contribution in [1.29, 1.82) is 0 Å². The topological polar surface area (TPSA) is 115 Å². The predicted molar refractivity (Wildman–Crippen MR) is 80.6 cm³/mol. The van der Waals surface area contributed by atoms with E-state index in [1.54, 1.807) is 6.92 Å². The van der Waals surface area contributed by atoms with Gasteiger partial charge >= 0.3 is 0 Å². The molecule has 0 radical (unpaired) electrons. The zero-order valence-electron chi connectivity index (χ0n) is 12.2. The van der Waals surface area contributed by atoms with Crippen LogP contribution in [0.4, 0.5) is 5.95 Å². The van der Waals surface area contributed by atoms with Crippen LogP contribution in [0.3, 0.4) is 0 Å². The first-order chi connectivity index (χ1) is 10.5. The summed E-state index contributed by atoms with van der Waals surface area (Å²) in [4.78, 5) is 27.1. The maximum absolute atomic E-state index is 11.8. The van der Waals surface area contributed by atoms with Gasteiger partial charge in [0.2, 0.25) is 17.8 Å². The van der Waals surface area contributed by atoms with Crippen molar-refractivity contribution in [2.24, 2.45) is 5.73 Å². The molecule has 0 bridgehead atoms. The van der Waals surface area contributed by atoms with E-state index >= 15 is 0 Å². The fourth-order valence-corrected chi connectivity index (χ4v) is 1.65. The molecule has 0 spiro atoms. The average Bonchev–Trinajstić information content (AvgIpc) is 2.93. The molecular weight excluding hydrogens is 284 g/mol. The number of carbonyl (C=O) groups is 2. The third-order valence-corrected chi connectivity index (χ3v) is 2.82. The quantitative estimate of drug-likeness (QED) is 0.688. The number of rotatable bonds is 6. The van der Waals surface area contributed by atoms with Gasteiger partial charge in [-0.05, 0) is 12.5 Å². The summed E-state index contributed by atoms with van der Waals surface area (Å²) in [6.07, 6.45) is 1.37. The van der Waals surface area contributed by atoms with Crippen LogP contribution in [-0.4, -0.2) is 32.6 Å². The number of nitrogens with zero attached hydrogens (tertiary/aromatic N) is 3. The monoisotopic (exact) mass is 302 g/mol. The third kappa shape index (κ3) is 4.67. The molecule has 0 saturated heterocycles. The normalized spacial score (nSPS) is 11.7. The van der Waals surface area contributed by atoms with Gasteiger partial charge in [-0.15, -0.1) is 5.10 Å². The molecular formula is C14H18N6O2. The van der Waals surface area contributed by atoms with Crippen LogP contribution in [0.5, 0.6) is 0 Å². The van der Waals surface area contributed by atoms with Gasteiger partial charge in [0, 0.05) is 6.54 Å². The second-order valence-corrected chi connectivity index (χ2v) is 4.81. The standard InChI is InChI=1S/C14H18N6O2/c1-10(15)13(22)18-14-17-9-20(19-14)8-12(21)16-7-11-5-3-2-4-6-11/h2-6,9-10H,7-8,15H2,1H3,(H,16,21)(H,18,19,22)/t10-/m0/s1. The molecule has 1 atom stereocenters. The van der Waals surface area contributed by atoms with Gasteiger partial charge in [-0.1, -0.05) is 30.3 Å². The van der Waals surface area contributed by atoms with E-state index in [1.165, 1.54) is 11.0 Å². The number of nitrogens with two attached hydrogens (primary N) is 1. The lowest BCUT2D eigenvalue weighted by Gasteiger charge is -2.05. The van der Waals surface area contributed by atoms with Gasteiger partial charge in [0.05, 0.1) is 6.04 Å². The van der Waals surface area contributed by atoms with Crippen LogP contribution < -0.4 is 16.4 Å². The van der Waals surface area contributed by atoms with Crippen LogP contribution in [0, 0.1) is 0 Å². The number of hydrogen-bond acceptors (Lipinski definition) is 5. The number of hydrogen-bond donors (Lipinski definition) is 3. The Morgan fingerprint density at radius 1 is 1.32 bits per heavy atom. The molecule has 0 aliphatic rings. The summed E-state index contributed by atoms with van der Waals surface area (Å²) in [5.41, 5.74) is 6.44. The molecule has 22 heavy (non-hydrogen) atoms. The van der Waals surface area contributed by atoms with Crippen molar-refractivity contribution in [2.75, 3.05) is 5.32 Å². The Hall–Kier alpha value is -2.74. The molecule has 2 rings (SSSR count). The fraction of sp³-hybridized carbons (Fsp3) is 0.286. The predicted octanol–water partition coefficient (Wildman–Crippen LogP) is -0.120. The molecule has 2 aromatic rings. The molecule has 0 fully saturated rings. The highest BCUT2D eigenvalue weighted by Crippen LogP contribution is 1.99. The van der Waals surface area contributed by atoms with E-state index in [1.807, 2.05) is 30.3 Å². The molecule has 0 aliphatic heterocycles. The summed E-state index contributed by atoms with van der Waals surface area (Å²) in [6, 6.07) is 8.94. The van der Waals surface area contributed by atoms with E-state index in [-0.39, 0.29) is 24.3 Å². The van der Waals surface area contributed by atoms with Gasteiger partial charge in [-0.3, -0.25) is 14.9 Å². The number of benzene rings is 1. The summed E-state index contributed by atoms with van der Waals surface area (Å²) in [7, 11) is 0. The molecule has 0 unspecified atom stereocenters. The maximum Gasteiger partial charge on any atom is 0.248 e. The van der Waals surface area contributed by atoms with E-state index in [0.29, 0.717) is 6.54 Å². The van der Waals surface area contributed by atoms with Crippen molar-refractivity contribution in [2.45, 2.75) is 26.1 Å². The van der Waals surface area contributed by atoms with Gasteiger partial charge in [0.15, 0.2) is 0 Å². The zero-order valence-corrected chi connectivity index (χ0v) is 12.2. The fourth-order valence-electron chi connectivity index (χ4n) is 1.65. The van der Waals surface area contributed by atoms with Crippen molar-refractivity contribution >= 4 is 17.8 Å². The summed E-state index contributed by atoms with van der Waals surface area (Å²) < 4.78 is 1.34. The minimum Gasteiger partial charge on any atom is -0.350 e. The van der Waals surface area contributed by atoms with E-state index in [2.05, 4.69) is 20.7 Å². The first-order valence-corrected chi connectivity index (χ1v) is 6.81. The van der Waals surface area contributed by atoms with Crippen LogP contribution in [0.15, 0.2) is 36.7 Å². The molecule has 116 valence electrons. The molecule has 1 aromatic heterocycles. The summed E-state index contributed by atoms with van der Waals surface area (Å²) in [5.74, 6) is -0.455. The van der Waals surface area contributed by atoms with E-state index in [4.69, 9.17) is 5.73 Å². The van der Waals surface area contributed by atoms with Crippen molar-refractivity contribution in [1.82, 2.24) is 20.1 Å². The maximum atomic E-state index is 11.8. The largest absolute Gasteiger partial charge is 0.350 e. The Morgan fingerprint density at radius 3 is 2.73 bits per heavy atom. The number of nitrogens with one attached hydrogen (secondary N) is 2. The SMILES string of the molecule is C[C@H](N)C(=O)Nc1ncn(CC(=O)NCc2ccccc2)n1. The highest BCUT2D eigenvalue weighted by Gasteiger charge is 2.11. The second-order valence-electron chi connectivity index (χ2n) is 4.81. The highest BCUT2D eigenvalue weighted by molar-refractivity contribution is 5.92. The average molecular weight is 302 g/mol. The molecule has 4 N–H and O–H groups in total. The molecule has 8 heteroatoms. The Kier molecular flexibility index (Phi) is 5.21. The number of aromatic nitrogens is 3. The summed E-state index contributed by atoms with van der Waals surface area (Å²) in [6.45, 7) is 2.03. The Labute approximate surface area is 127 Å². The molecule has 2 amide bonds. The van der Waals surface area contributed by atoms with E-state index < -0.39 is 6.04 Å². The van der Waals surface area contributed by atoms with Crippen LogP contribution >= 0.6 is 0 Å². The smallest absolute Gasteiger partial charge is 0.248 e. The van der Waals surface area contributed by atoms with Crippen molar-refractivity contribution < 1.29 is 9.59 Å². The minimum absolute atomic E-state index is 0.0217. The Morgan fingerprint density at radius 2 is 2.05 bits per heavy atom. The Bertz CT molecular complexity index is 638. The van der Waals surface area contributed by atoms with Gasteiger partial charge in [0.1, 0.15) is 12.9 Å². The molecule has 0 aliphatic carbocycles. The van der Waals surface area contributed by atoms with Crippen molar-refractivity contribution in [3.63, 3.8) is 0 Å². The lowest BCUT2D eigenvalue weighted by molar-refractivity contribution is -0.122. The molecule has 1 heterocycles. The molecule has 0 saturated carbocycles. The van der Waals surface area contributed by atoms with Crippen molar-refractivity contribution in [3.05, 3.63) is 42.2 Å². The first-order valence-electron chi connectivity index (χ1n) is 6.81. The van der Waals surface area contributed by atoms with Crippen molar-refractivity contribution in [3.8, 4) is 0 Å². The number of amides is 2. The van der Waals surface area contributed by atoms with E-state index in [0.717, 1.165) is 5.56 Å². The number of carbonyl (C=O) groups excluding carboxylic acids is 2. The summed E-state index contributed by atoms with van der Waals surface area (Å²) >= 11 is 0. The highest BCUT2D eigenvalue weighted by atomic mass is 16.2. The van der Waals surface area contributed by atoms with Crippen LogP contribution in [0.25, 0.3) is 0 Å². The van der Waals surface area contributed by atoms with Gasteiger partial charge < -0.3 is 11.1 Å².